The molecular weight excluding hydrogens is 327 g/mol. The lowest BCUT2D eigenvalue weighted by Crippen LogP contribution is -2.07. The molecule has 0 amide bonds. The Kier molecular flexibility index (Phi) is 5.23. The fourth-order valence-electron chi connectivity index (χ4n) is 1.88. The van der Waals surface area contributed by atoms with Gasteiger partial charge in [-0.1, -0.05) is 11.8 Å². The highest BCUT2D eigenvalue weighted by molar-refractivity contribution is 7.99. The van der Waals surface area contributed by atoms with E-state index in [2.05, 4.69) is 9.97 Å². The van der Waals surface area contributed by atoms with E-state index < -0.39 is 17.3 Å². The van der Waals surface area contributed by atoms with E-state index in [1.54, 1.807) is 19.1 Å². The van der Waals surface area contributed by atoms with Gasteiger partial charge in [-0.2, -0.15) is 18.4 Å². The van der Waals surface area contributed by atoms with Crippen molar-refractivity contribution in [2.24, 2.45) is 0 Å². The quantitative estimate of drug-likeness (QED) is 0.789. The average molecular weight is 339 g/mol. The van der Waals surface area contributed by atoms with Gasteiger partial charge in [-0.05, 0) is 31.2 Å². The van der Waals surface area contributed by atoms with Crippen molar-refractivity contribution in [3.63, 3.8) is 0 Å². The van der Waals surface area contributed by atoms with E-state index in [1.807, 2.05) is 0 Å². The minimum absolute atomic E-state index is 0.219. The number of hydrogen-bond donors (Lipinski definition) is 0. The van der Waals surface area contributed by atoms with Gasteiger partial charge in [0.2, 0.25) is 0 Å². The average Bonchev–Trinajstić information content (AvgIpc) is 2.46. The minimum Gasteiger partial charge on any atom is -0.377 e. The molecule has 0 atom stereocenters. The molecule has 4 nitrogen and oxygen atoms in total. The SMILES string of the molecule is COCc1nc(C)cc(Sc2ccc(C#N)c(C(F)(F)F)c2)n1. The molecule has 0 radical (unpaired) electrons. The van der Waals surface area contributed by atoms with Gasteiger partial charge in [-0.3, -0.25) is 0 Å². The predicted molar refractivity (Wildman–Crippen MR) is 77.8 cm³/mol. The number of rotatable bonds is 4. The summed E-state index contributed by atoms with van der Waals surface area (Å²) >= 11 is 1.08. The Morgan fingerprint density at radius 1 is 1.26 bits per heavy atom. The predicted octanol–water partition coefficient (Wildman–Crippen LogP) is 3.97. The van der Waals surface area contributed by atoms with Crippen LogP contribution in [0.25, 0.3) is 0 Å². The molecule has 0 bridgehead atoms. The number of hydrogen-bond acceptors (Lipinski definition) is 5. The molecule has 1 aromatic heterocycles. The van der Waals surface area contributed by atoms with Gasteiger partial charge in [-0.15, -0.1) is 0 Å². The fourth-order valence-corrected chi connectivity index (χ4v) is 2.82. The lowest BCUT2D eigenvalue weighted by Gasteiger charge is -2.11. The van der Waals surface area contributed by atoms with Crippen LogP contribution in [0.2, 0.25) is 0 Å². The van der Waals surface area contributed by atoms with Gasteiger partial charge in [0.05, 0.1) is 17.2 Å². The van der Waals surface area contributed by atoms with Crippen LogP contribution in [0.5, 0.6) is 0 Å². The van der Waals surface area contributed by atoms with Crippen LogP contribution in [-0.2, 0) is 17.5 Å². The standard InChI is InChI=1S/C15H12F3N3OS/c1-9-5-14(21-13(20-9)8-22-2)23-11-4-3-10(7-19)12(6-11)15(16,17)18/h3-6H,8H2,1-2H3. The third-order valence-corrected chi connectivity index (χ3v) is 3.70. The lowest BCUT2D eigenvalue weighted by atomic mass is 10.1. The Labute approximate surface area is 135 Å². The molecule has 0 fully saturated rings. The van der Waals surface area contributed by atoms with Crippen LogP contribution >= 0.6 is 11.8 Å². The number of nitriles is 1. The number of aryl methyl sites for hydroxylation is 1. The first-order valence-electron chi connectivity index (χ1n) is 6.46. The van der Waals surface area contributed by atoms with Crippen LogP contribution in [-0.4, -0.2) is 17.1 Å². The molecule has 0 spiro atoms. The van der Waals surface area contributed by atoms with E-state index in [4.69, 9.17) is 10.00 Å². The van der Waals surface area contributed by atoms with Crippen LogP contribution in [0, 0.1) is 18.3 Å². The second kappa shape index (κ2) is 6.98. The summed E-state index contributed by atoms with van der Waals surface area (Å²) in [5.74, 6) is 0.458. The maximum atomic E-state index is 13.0. The number of alkyl halides is 3. The van der Waals surface area contributed by atoms with E-state index in [9.17, 15) is 13.2 Å². The maximum Gasteiger partial charge on any atom is 0.417 e. The van der Waals surface area contributed by atoms with Crippen molar-refractivity contribution in [3.05, 3.63) is 46.9 Å². The van der Waals surface area contributed by atoms with Crippen molar-refractivity contribution in [2.75, 3.05) is 7.11 Å². The summed E-state index contributed by atoms with van der Waals surface area (Å²) in [6, 6.07) is 6.81. The zero-order valence-corrected chi connectivity index (χ0v) is 13.1. The highest BCUT2D eigenvalue weighted by atomic mass is 32.2. The molecule has 120 valence electrons. The topological polar surface area (TPSA) is 58.8 Å². The number of nitrogens with zero attached hydrogens (tertiary/aromatic N) is 3. The van der Waals surface area contributed by atoms with Crippen molar-refractivity contribution >= 4 is 11.8 Å². The van der Waals surface area contributed by atoms with Crippen molar-refractivity contribution in [3.8, 4) is 6.07 Å². The summed E-state index contributed by atoms with van der Waals surface area (Å²) in [6.45, 7) is 1.99. The second-order valence-corrected chi connectivity index (χ2v) is 5.71. The van der Waals surface area contributed by atoms with Gasteiger partial charge in [0.15, 0.2) is 5.82 Å². The molecule has 1 aromatic carbocycles. The summed E-state index contributed by atoms with van der Waals surface area (Å²) in [5.41, 5.74) is -0.659. The van der Waals surface area contributed by atoms with Crippen molar-refractivity contribution in [1.82, 2.24) is 9.97 Å². The summed E-state index contributed by atoms with van der Waals surface area (Å²) in [7, 11) is 1.51. The highest BCUT2D eigenvalue weighted by Crippen LogP contribution is 2.36. The highest BCUT2D eigenvalue weighted by Gasteiger charge is 2.33. The zero-order chi connectivity index (χ0) is 17.0. The number of halogens is 3. The summed E-state index contributed by atoms with van der Waals surface area (Å²) in [6.07, 6.45) is -4.58. The molecule has 8 heteroatoms. The Hall–Kier alpha value is -2.11. The van der Waals surface area contributed by atoms with Gasteiger partial charge >= 0.3 is 6.18 Å². The van der Waals surface area contributed by atoms with Crippen molar-refractivity contribution in [2.45, 2.75) is 29.6 Å². The number of methoxy groups -OCH3 is 1. The normalized spacial score (nSPS) is 11.3. The van der Waals surface area contributed by atoms with Gasteiger partial charge in [-0.25, -0.2) is 9.97 Å². The van der Waals surface area contributed by atoms with Crippen LogP contribution in [0.4, 0.5) is 13.2 Å². The molecular formula is C15H12F3N3OS. The second-order valence-electron chi connectivity index (χ2n) is 4.62. The maximum absolute atomic E-state index is 13.0. The van der Waals surface area contributed by atoms with Crippen LogP contribution in [0.1, 0.15) is 22.6 Å². The largest absolute Gasteiger partial charge is 0.417 e. The van der Waals surface area contributed by atoms with Gasteiger partial charge in [0.25, 0.3) is 0 Å². The molecule has 0 aliphatic rings. The Bertz CT molecular complexity index is 757. The third kappa shape index (κ3) is 4.43. The number of aromatic nitrogens is 2. The third-order valence-electron chi connectivity index (χ3n) is 2.79. The van der Waals surface area contributed by atoms with E-state index in [0.717, 1.165) is 23.9 Å². The molecule has 0 aliphatic heterocycles. The van der Waals surface area contributed by atoms with Crippen molar-refractivity contribution < 1.29 is 17.9 Å². The molecule has 0 saturated heterocycles. The number of benzene rings is 1. The Morgan fingerprint density at radius 3 is 2.61 bits per heavy atom. The van der Waals surface area contributed by atoms with Crippen molar-refractivity contribution in [1.29, 1.82) is 5.26 Å². The van der Waals surface area contributed by atoms with E-state index in [1.165, 1.54) is 13.2 Å². The fraction of sp³-hybridized carbons (Fsp3) is 0.267. The molecule has 0 unspecified atom stereocenters. The molecule has 0 saturated carbocycles. The molecule has 23 heavy (non-hydrogen) atoms. The summed E-state index contributed by atoms with van der Waals surface area (Å²) in [5, 5.41) is 9.32. The molecule has 2 rings (SSSR count). The number of ether oxygens (including phenoxy) is 1. The van der Waals surface area contributed by atoms with Gasteiger partial charge in [0.1, 0.15) is 11.6 Å². The van der Waals surface area contributed by atoms with Gasteiger partial charge < -0.3 is 4.74 Å². The Balaban J connectivity index is 2.36. The first-order chi connectivity index (χ1) is 10.8. The first kappa shape index (κ1) is 17.2. The van der Waals surface area contributed by atoms with Crippen LogP contribution in [0.3, 0.4) is 0 Å². The van der Waals surface area contributed by atoms with E-state index in [-0.39, 0.29) is 6.61 Å². The molecule has 1 heterocycles. The first-order valence-corrected chi connectivity index (χ1v) is 7.28. The monoisotopic (exact) mass is 339 g/mol. The van der Waals surface area contributed by atoms with Gasteiger partial charge in [0, 0.05) is 17.7 Å². The zero-order valence-electron chi connectivity index (χ0n) is 12.3. The van der Waals surface area contributed by atoms with E-state index >= 15 is 0 Å². The Morgan fingerprint density at radius 2 is 2.00 bits per heavy atom. The minimum atomic E-state index is -4.58. The lowest BCUT2D eigenvalue weighted by molar-refractivity contribution is -0.137. The van der Waals surface area contributed by atoms with Crippen LogP contribution < -0.4 is 0 Å². The summed E-state index contributed by atoms with van der Waals surface area (Å²) < 4.78 is 43.9. The van der Waals surface area contributed by atoms with Crippen LogP contribution in [0.15, 0.2) is 34.2 Å². The molecule has 0 aliphatic carbocycles. The van der Waals surface area contributed by atoms with E-state index in [0.29, 0.717) is 21.4 Å². The summed E-state index contributed by atoms with van der Waals surface area (Å²) in [4.78, 5) is 8.76. The molecule has 2 aromatic rings. The molecule has 0 N–H and O–H groups in total. The smallest absolute Gasteiger partial charge is 0.377 e.